The molecule has 0 radical (unpaired) electrons. The highest BCUT2D eigenvalue weighted by molar-refractivity contribution is 6.08. The molecule has 134 valence electrons. The average Bonchev–Trinajstić information content (AvgIpc) is 3.29. The second-order valence-corrected chi connectivity index (χ2v) is 6.73. The van der Waals surface area contributed by atoms with Crippen LogP contribution in [0.1, 0.15) is 34.8 Å². The van der Waals surface area contributed by atoms with Gasteiger partial charge in [-0.25, -0.2) is 14.5 Å². The van der Waals surface area contributed by atoms with Crippen LogP contribution >= 0.6 is 0 Å². The molecule has 4 aromatic rings. The maximum Gasteiger partial charge on any atom is 0.261 e. The number of amides is 1. The number of nitrogens with one attached hydrogen (secondary N) is 1. The Bertz CT molecular complexity index is 1160. The van der Waals surface area contributed by atoms with Gasteiger partial charge in [0.05, 0.1) is 6.20 Å². The van der Waals surface area contributed by atoms with Gasteiger partial charge < -0.3 is 5.32 Å². The van der Waals surface area contributed by atoms with E-state index in [-0.39, 0.29) is 5.91 Å². The molecule has 8 nitrogen and oxygen atoms in total. The molecule has 1 saturated carbocycles. The van der Waals surface area contributed by atoms with Crippen molar-refractivity contribution in [2.75, 3.05) is 5.32 Å². The maximum absolute atomic E-state index is 12.8. The van der Waals surface area contributed by atoms with Gasteiger partial charge in [0.1, 0.15) is 11.9 Å². The van der Waals surface area contributed by atoms with Gasteiger partial charge in [-0.2, -0.15) is 10.2 Å². The van der Waals surface area contributed by atoms with Crippen LogP contribution in [0.15, 0.2) is 49.1 Å². The summed E-state index contributed by atoms with van der Waals surface area (Å²) in [4.78, 5) is 21.7. The predicted octanol–water partition coefficient (Wildman–Crippen LogP) is 2.65. The molecule has 3 heterocycles. The van der Waals surface area contributed by atoms with Gasteiger partial charge in [-0.15, -0.1) is 0 Å². The number of nitrogens with zero attached hydrogens (tertiary/aromatic N) is 6. The van der Waals surface area contributed by atoms with E-state index in [0.29, 0.717) is 28.6 Å². The largest absolute Gasteiger partial charge is 0.322 e. The zero-order valence-electron chi connectivity index (χ0n) is 14.7. The zero-order valence-corrected chi connectivity index (χ0v) is 14.7. The third kappa shape index (κ3) is 2.95. The fraction of sp³-hybridized carbons (Fsp3) is 0.211. The molecular formula is C19H17N7O. The summed E-state index contributed by atoms with van der Waals surface area (Å²) in [6, 6.07) is 9.43. The molecule has 0 bridgehead atoms. The fourth-order valence-corrected chi connectivity index (χ4v) is 3.06. The maximum atomic E-state index is 12.8. The third-order valence-electron chi connectivity index (χ3n) is 4.61. The van der Waals surface area contributed by atoms with Gasteiger partial charge in [0.2, 0.25) is 0 Å². The topological polar surface area (TPSA) is 90.0 Å². The lowest BCUT2D eigenvalue weighted by Gasteiger charge is -2.06. The first kappa shape index (κ1) is 15.7. The minimum atomic E-state index is -0.239. The Balaban J connectivity index is 1.43. The first-order chi connectivity index (χ1) is 13.2. The number of hydrogen-bond acceptors (Lipinski definition) is 5. The quantitative estimate of drug-likeness (QED) is 0.605. The summed E-state index contributed by atoms with van der Waals surface area (Å²) in [6.07, 6.45) is 7.38. The van der Waals surface area contributed by atoms with Crippen molar-refractivity contribution in [3.05, 3.63) is 60.3 Å². The SMILES string of the molecule is Cn1cnc(-c2cccc(NC(=O)c3cnn4ccc(C5CC5)nc34)c2)n1. The number of carbonyl (C=O) groups is 1. The molecule has 8 heteroatoms. The molecule has 0 saturated heterocycles. The number of benzene rings is 1. The van der Waals surface area contributed by atoms with Gasteiger partial charge in [0, 0.05) is 36.1 Å². The van der Waals surface area contributed by atoms with Gasteiger partial charge in [-0.3, -0.25) is 9.48 Å². The van der Waals surface area contributed by atoms with Gasteiger partial charge in [0.15, 0.2) is 11.5 Å². The summed E-state index contributed by atoms with van der Waals surface area (Å²) in [5, 5.41) is 11.5. The molecule has 3 aromatic heterocycles. The molecule has 1 amide bonds. The third-order valence-corrected chi connectivity index (χ3v) is 4.61. The number of rotatable bonds is 4. The number of anilines is 1. The molecule has 1 aromatic carbocycles. The average molecular weight is 359 g/mol. The van der Waals surface area contributed by atoms with E-state index >= 15 is 0 Å². The van der Waals surface area contributed by atoms with E-state index < -0.39 is 0 Å². The number of hydrogen-bond donors (Lipinski definition) is 1. The lowest BCUT2D eigenvalue weighted by molar-refractivity contribution is 0.102. The molecule has 0 atom stereocenters. The van der Waals surface area contributed by atoms with Gasteiger partial charge in [-0.05, 0) is 31.0 Å². The highest BCUT2D eigenvalue weighted by Crippen LogP contribution is 2.39. The second-order valence-electron chi connectivity index (χ2n) is 6.73. The summed E-state index contributed by atoms with van der Waals surface area (Å²) < 4.78 is 3.28. The van der Waals surface area contributed by atoms with E-state index in [1.54, 1.807) is 21.7 Å². The van der Waals surface area contributed by atoms with Crippen molar-refractivity contribution >= 4 is 17.2 Å². The minimum Gasteiger partial charge on any atom is -0.322 e. The van der Waals surface area contributed by atoms with Gasteiger partial charge in [-0.1, -0.05) is 12.1 Å². The van der Waals surface area contributed by atoms with Crippen molar-refractivity contribution in [3.63, 3.8) is 0 Å². The molecule has 0 aliphatic heterocycles. The Hall–Kier alpha value is -3.55. The van der Waals surface area contributed by atoms with Crippen molar-refractivity contribution in [1.82, 2.24) is 29.4 Å². The van der Waals surface area contributed by atoms with E-state index in [0.717, 1.165) is 24.1 Å². The molecule has 27 heavy (non-hydrogen) atoms. The van der Waals surface area contributed by atoms with E-state index in [1.165, 1.54) is 0 Å². The monoisotopic (exact) mass is 359 g/mol. The Labute approximate surface area is 154 Å². The summed E-state index contributed by atoms with van der Waals surface area (Å²) >= 11 is 0. The van der Waals surface area contributed by atoms with Crippen LogP contribution in [-0.4, -0.2) is 35.3 Å². The summed E-state index contributed by atoms with van der Waals surface area (Å²) in [7, 11) is 1.82. The second kappa shape index (κ2) is 6.01. The van der Waals surface area contributed by atoms with Gasteiger partial charge in [0.25, 0.3) is 5.91 Å². The Morgan fingerprint density at radius 3 is 2.93 bits per heavy atom. The summed E-state index contributed by atoms with van der Waals surface area (Å²) in [6.45, 7) is 0. The van der Waals surface area contributed by atoms with Crippen LogP contribution in [0.3, 0.4) is 0 Å². The van der Waals surface area contributed by atoms with Crippen molar-refractivity contribution in [1.29, 1.82) is 0 Å². The molecule has 0 spiro atoms. The summed E-state index contributed by atoms with van der Waals surface area (Å²) in [5.41, 5.74) is 3.57. The lowest BCUT2D eigenvalue weighted by Crippen LogP contribution is -2.12. The van der Waals surface area contributed by atoms with Crippen molar-refractivity contribution in [3.8, 4) is 11.4 Å². The van der Waals surface area contributed by atoms with E-state index in [4.69, 9.17) is 0 Å². The van der Waals surface area contributed by atoms with Crippen LogP contribution < -0.4 is 5.32 Å². The minimum absolute atomic E-state index is 0.239. The first-order valence-corrected chi connectivity index (χ1v) is 8.79. The number of fused-ring (bicyclic) bond motifs is 1. The molecule has 1 N–H and O–H groups in total. The highest BCUT2D eigenvalue weighted by Gasteiger charge is 2.26. The lowest BCUT2D eigenvalue weighted by atomic mass is 10.2. The van der Waals surface area contributed by atoms with Crippen LogP contribution in [-0.2, 0) is 7.05 Å². The van der Waals surface area contributed by atoms with Crippen LogP contribution in [0.25, 0.3) is 17.0 Å². The zero-order chi connectivity index (χ0) is 18.4. The van der Waals surface area contributed by atoms with Gasteiger partial charge >= 0.3 is 0 Å². The van der Waals surface area contributed by atoms with E-state index in [1.807, 2.05) is 43.6 Å². The van der Waals surface area contributed by atoms with Crippen LogP contribution in [0.4, 0.5) is 5.69 Å². The molecule has 5 rings (SSSR count). The van der Waals surface area contributed by atoms with Crippen molar-refractivity contribution in [2.24, 2.45) is 7.05 Å². The highest BCUT2D eigenvalue weighted by atomic mass is 16.1. The first-order valence-electron chi connectivity index (χ1n) is 8.79. The molecule has 1 fully saturated rings. The van der Waals surface area contributed by atoms with Crippen molar-refractivity contribution < 1.29 is 4.79 Å². The molecule has 1 aliphatic carbocycles. The number of carbonyl (C=O) groups excluding carboxylic acids is 1. The standard InChI is InChI=1S/C19H17N7O/c1-25-11-20-17(24-25)13-3-2-4-14(9-13)22-19(27)15-10-21-26-8-7-16(12-5-6-12)23-18(15)26/h2-4,7-12H,5-6H2,1H3,(H,22,27). The van der Waals surface area contributed by atoms with Crippen molar-refractivity contribution in [2.45, 2.75) is 18.8 Å². The van der Waals surface area contributed by atoms with E-state index in [9.17, 15) is 4.79 Å². The van der Waals surface area contributed by atoms with Crippen LogP contribution in [0, 0.1) is 0 Å². The Kier molecular flexibility index (Phi) is 3.49. The molecule has 1 aliphatic rings. The van der Waals surface area contributed by atoms with Crippen LogP contribution in [0.5, 0.6) is 0 Å². The summed E-state index contributed by atoms with van der Waals surface area (Å²) in [5.74, 6) is 0.889. The number of aryl methyl sites for hydroxylation is 1. The fourth-order valence-electron chi connectivity index (χ4n) is 3.06. The molecule has 0 unspecified atom stereocenters. The normalized spacial score (nSPS) is 13.8. The Morgan fingerprint density at radius 1 is 1.26 bits per heavy atom. The van der Waals surface area contributed by atoms with Crippen LogP contribution in [0.2, 0.25) is 0 Å². The van der Waals surface area contributed by atoms with E-state index in [2.05, 4.69) is 25.5 Å². The predicted molar refractivity (Wildman–Crippen MR) is 99.4 cm³/mol. The number of aromatic nitrogens is 6. The molecular weight excluding hydrogens is 342 g/mol. The smallest absolute Gasteiger partial charge is 0.261 e. The Morgan fingerprint density at radius 2 is 2.15 bits per heavy atom.